The molecule has 30 heavy (non-hydrogen) atoms. The van der Waals surface area contributed by atoms with Crippen LogP contribution in [-0.2, 0) is 10.0 Å². The average molecular weight is 421 g/mol. The Hall–Kier alpha value is -3.38. The highest BCUT2D eigenvalue weighted by molar-refractivity contribution is 7.95. The van der Waals surface area contributed by atoms with Gasteiger partial charge in [-0.2, -0.15) is 0 Å². The maximum Gasteiger partial charge on any atom is 0.255 e. The number of hydrogen-bond donors (Lipinski definition) is 2. The topological polar surface area (TPSA) is 75.3 Å². The first kappa shape index (κ1) is 21.3. The van der Waals surface area contributed by atoms with Crippen LogP contribution in [0, 0.1) is 0 Å². The van der Waals surface area contributed by atoms with Crippen LogP contribution in [0.4, 0.5) is 5.69 Å². The zero-order chi connectivity index (χ0) is 21.4. The van der Waals surface area contributed by atoms with Gasteiger partial charge in [-0.1, -0.05) is 67.6 Å². The van der Waals surface area contributed by atoms with Crippen molar-refractivity contribution in [3.8, 4) is 0 Å². The van der Waals surface area contributed by atoms with Crippen molar-refractivity contribution >= 4 is 27.7 Å². The molecule has 3 aromatic carbocycles. The van der Waals surface area contributed by atoms with Crippen molar-refractivity contribution in [3.63, 3.8) is 0 Å². The minimum atomic E-state index is -3.65. The lowest BCUT2D eigenvalue weighted by Gasteiger charge is -2.13. The SMILES string of the molecule is C[C@@H](CNC(=O)c1ccc(NS(=O)(=O)/C=C/c2ccccc2)cc1)c1ccccc1. The zero-order valence-electron chi connectivity index (χ0n) is 16.7. The van der Waals surface area contributed by atoms with Crippen molar-refractivity contribution in [1.82, 2.24) is 5.32 Å². The highest BCUT2D eigenvalue weighted by Crippen LogP contribution is 2.15. The van der Waals surface area contributed by atoms with Crippen molar-refractivity contribution in [2.45, 2.75) is 12.8 Å². The summed E-state index contributed by atoms with van der Waals surface area (Å²) in [6.07, 6.45) is 1.53. The summed E-state index contributed by atoms with van der Waals surface area (Å²) in [5.41, 5.74) is 2.81. The van der Waals surface area contributed by atoms with Crippen LogP contribution in [0.1, 0.15) is 34.3 Å². The molecule has 154 valence electrons. The monoisotopic (exact) mass is 420 g/mol. The maximum atomic E-state index is 12.4. The number of carbonyl (C=O) groups is 1. The van der Waals surface area contributed by atoms with E-state index in [2.05, 4.69) is 17.0 Å². The number of anilines is 1. The standard InChI is InChI=1S/C24H24N2O3S/c1-19(21-10-6-3-7-11-21)18-25-24(27)22-12-14-23(15-13-22)26-30(28,29)17-16-20-8-4-2-5-9-20/h2-17,19,26H,18H2,1H3,(H,25,27)/b17-16+/t19-/m0/s1. The van der Waals surface area contributed by atoms with Gasteiger partial charge in [0, 0.05) is 17.8 Å². The zero-order valence-corrected chi connectivity index (χ0v) is 17.5. The van der Waals surface area contributed by atoms with E-state index in [1.807, 2.05) is 60.7 Å². The summed E-state index contributed by atoms with van der Waals surface area (Å²) >= 11 is 0. The summed E-state index contributed by atoms with van der Waals surface area (Å²) in [6, 6.07) is 25.5. The number of rotatable bonds is 8. The second kappa shape index (κ2) is 9.89. The fourth-order valence-corrected chi connectivity index (χ4v) is 3.74. The summed E-state index contributed by atoms with van der Waals surface area (Å²) in [7, 11) is -3.65. The molecular weight excluding hydrogens is 396 g/mol. The molecule has 0 saturated carbocycles. The van der Waals surface area contributed by atoms with Crippen LogP contribution in [0.5, 0.6) is 0 Å². The van der Waals surface area contributed by atoms with Gasteiger partial charge in [0.15, 0.2) is 0 Å². The van der Waals surface area contributed by atoms with Crippen LogP contribution in [0.3, 0.4) is 0 Å². The Labute approximate surface area is 177 Å². The second-order valence-electron chi connectivity index (χ2n) is 6.96. The first-order chi connectivity index (χ1) is 14.4. The lowest BCUT2D eigenvalue weighted by molar-refractivity contribution is 0.0951. The summed E-state index contributed by atoms with van der Waals surface area (Å²) in [5, 5.41) is 4.03. The number of sulfonamides is 1. The third kappa shape index (κ3) is 6.32. The number of hydrogen-bond acceptors (Lipinski definition) is 3. The van der Waals surface area contributed by atoms with E-state index in [9.17, 15) is 13.2 Å². The molecule has 0 saturated heterocycles. The molecule has 3 aromatic rings. The smallest absolute Gasteiger partial charge is 0.255 e. The molecule has 0 aliphatic carbocycles. The minimum absolute atomic E-state index is 0.192. The van der Waals surface area contributed by atoms with Crippen LogP contribution in [0.2, 0.25) is 0 Å². The highest BCUT2D eigenvalue weighted by atomic mass is 32.2. The third-order valence-corrected chi connectivity index (χ3v) is 5.60. The molecule has 0 spiro atoms. The van der Waals surface area contributed by atoms with E-state index in [4.69, 9.17) is 0 Å². The Morgan fingerprint density at radius 1 is 0.900 bits per heavy atom. The van der Waals surface area contributed by atoms with Crippen LogP contribution in [0.15, 0.2) is 90.3 Å². The molecule has 0 unspecified atom stereocenters. The molecule has 3 rings (SSSR count). The molecule has 2 N–H and O–H groups in total. The van der Waals surface area contributed by atoms with Gasteiger partial charge in [0.1, 0.15) is 0 Å². The molecular formula is C24H24N2O3S. The van der Waals surface area contributed by atoms with Gasteiger partial charge in [-0.3, -0.25) is 9.52 Å². The summed E-state index contributed by atoms with van der Waals surface area (Å²) < 4.78 is 26.9. The van der Waals surface area contributed by atoms with Gasteiger partial charge in [-0.15, -0.1) is 0 Å². The van der Waals surface area contributed by atoms with Crippen molar-refractivity contribution < 1.29 is 13.2 Å². The van der Waals surface area contributed by atoms with Gasteiger partial charge in [-0.25, -0.2) is 8.42 Å². The third-order valence-electron chi connectivity index (χ3n) is 4.58. The largest absolute Gasteiger partial charge is 0.351 e. The molecule has 5 nitrogen and oxygen atoms in total. The Morgan fingerprint density at radius 2 is 1.50 bits per heavy atom. The Morgan fingerprint density at radius 3 is 2.13 bits per heavy atom. The minimum Gasteiger partial charge on any atom is -0.351 e. The van der Waals surface area contributed by atoms with E-state index in [1.165, 1.54) is 6.08 Å². The second-order valence-corrected chi connectivity index (χ2v) is 8.53. The van der Waals surface area contributed by atoms with Crippen molar-refractivity contribution in [1.29, 1.82) is 0 Å². The normalized spacial score (nSPS) is 12.4. The predicted molar refractivity (Wildman–Crippen MR) is 122 cm³/mol. The van der Waals surface area contributed by atoms with Crippen LogP contribution in [-0.4, -0.2) is 20.9 Å². The average Bonchev–Trinajstić information content (AvgIpc) is 2.77. The Balaban J connectivity index is 1.56. The van der Waals surface area contributed by atoms with Crippen molar-refractivity contribution in [2.24, 2.45) is 0 Å². The number of benzene rings is 3. The maximum absolute atomic E-state index is 12.4. The van der Waals surface area contributed by atoms with Gasteiger partial charge in [0.25, 0.3) is 15.9 Å². The molecule has 0 heterocycles. The van der Waals surface area contributed by atoms with E-state index in [-0.39, 0.29) is 11.8 Å². The quantitative estimate of drug-likeness (QED) is 0.558. The lowest BCUT2D eigenvalue weighted by Crippen LogP contribution is -2.27. The van der Waals surface area contributed by atoms with Crippen molar-refractivity contribution in [3.05, 3.63) is 107 Å². The number of nitrogens with one attached hydrogen (secondary N) is 2. The Bertz CT molecular complexity index is 1090. The molecule has 1 amide bonds. The molecule has 0 fully saturated rings. The van der Waals surface area contributed by atoms with Gasteiger partial charge in [0.05, 0.1) is 5.41 Å². The van der Waals surface area contributed by atoms with Crippen LogP contribution >= 0.6 is 0 Å². The van der Waals surface area contributed by atoms with E-state index in [0.717, 1.165) is 16.5 Å². The van der Waals surface area contributed by atoms with Gasteiger partial charge < -0.3 is 5.32 Å². The molecule has 0 aromatic heterocycles. The molecule has 0 aliphatic rings. The molecule has 0 radical (unpaired) electrons. The summed E-state index contributed by atoms with van der Waals surface area (Å²) in [5.74, 6) is -0.00574. The molecule has 6 heteroatoms. The lowest BCUT2D eigenvalue weighted by atomic mass is 10.0. The predicted octanol–water partition coefficient (Wildman–Crippen LogP) is 4.63. The molecule has 0 bridgehead atoms. The van der Waals surface area contributed by atoms with Gasteiger partial charge in [-0.05, 0) is 47.4 Å². The molecule has 1 atom stereocenters. The van der Waals surface area contributed by atoms with Crippen molar-refractivity contribution in [2.75, 3.05) is 11.3 Å². The van der Waals surface area contributed by atoms with Crippen LogP contribution < -0.4 is 10.0 Å². The van der Waals surface area contributed by atoms with Gasteiger partial charge in [0.2, 0.25) is 0 Å². The first-order valence-corrected chi connectivity index (χ1v) is 11.2. The Kier molecular flexibility index (Phi) is 7.03. The van der Waals surface area contributed by atoms with E-state index >= 15 is 0 Å². The number of amides is 1. The number of carbonyl (C=O) groups excluding carboxylic acids is 1. The highest BCUT2D eigenvalue weighted by Gasteiger charge is 2.11. The van der Waals surface area contributed by atoms with E-state index in [1.54, 1.807) is 24.3 Å². The van der Waals surface area contributed by atoms with E-state index < -0.39 is 10.0 Å². The van der Waals surface area contributed by atoms with Gasteiger partial charge >= 0.3 is 0 Å². The fraction of sp³-hybridized carbons (Fsp3) is 0.125. The first-order valence-electron chi connectivity index (χ1n) is 9.62. The fourth-order valence-electron chi connectivity index (χ4n) is 2.87. The van der Waals surface area contributed by atoms with Crippen LogP contribution in [0.25, 0.3) is 6.08 Å². The summed E-state index contributed by atoms with van der Waals surface area (Å²) in [4.78, 5) is 12.4. The summed E-state index contributed by atoms with van der Waals surface area (Å²) in [6.45, 7) is 2.57. The van der Waals surface area contributed by atoms with E-state index in [0.29, 0.717) is 17.8 Å². The molecule has 0 aliphatic heterocycles.